The number of hydrogen-bond donors (Lipinski definition) is 0. The van der Waals surface area contributed by atoms with Gasteiger partial charge in [0.1, 0.15) is 0 Å². The minimum atomic E-state index is -2.30. The Kier molecular flexibility index (Phi) is 3.67. The largest absolute Gasteiger partial charge is 0.497 e. The van der Waals surface area contributed by atoms with Crippen LogP contribution in [0, 0.1) is 5.92 Å². The van der Waals surface area contributed by atoms with Gasteiger partial charge in [0.15, 0.2) is 0 Å². The second-order valence-corrected chi connectivity index (χ2v) is 5.82. The average molecular weight is 192 g/mol. The van der Waals surface area contributed by atoms with E-state index in [4.69, 9.17) is 18.0 Å². The zero-order chi connectivity index (χ0) is 9.03. The summed E-state index contributed by atoms with van der Waals surface area (Å²) in [6, 6.07) is 0. The molecule has 0 aromatic carbocycles. The van der Waals surface area contributed by atoms with Gasteiger partial charge in [0.2, 0.25) is 0 Å². The topological polar surface area (TPSA) is 36.9 Å². The zero-order valence-electron chi connectivity index (χ0n) is 7.83. The lowest BCUT2D eigenvalue weighted by Crippen LogP contribution is -2.44. The molecular formula is C7H16O4Si. The van der Waals surface area contributed by atoms with Crippen molar-refractivity contribution < 1.29 is 18.0 Å². The molecule has 72 valence electrons. The summed E-state index contributed by atoms with van der Waals surface area (Å²) < 4.78 is 20.9. The third-order valence-electron chi connectivity index (χ3n) is 2.03. The van der Waals surface area contributed by atoms with Gasteiger partial charge in [0.25, 0.3) is 0 Å². The van der Waals surface area contributed by atoms with Crippen LogP contribution in [0.1, 0.15) is 0 Å². The van der Waals surface area contributed by atoms with Crippen LogP contribution in [0.2, 0.25) is 6.55 Å². The minimum absolute atomic E-state index is 0.530. The third-order valence-corrected chi connectivity index (χ3v) is 4.20. The van der Waals surface area contributed by atoms with Gasteiger partial charge < -0.3 is 18.0 Å². The van der Waals surface area contributed by atoms with E-state index in [0.717, 1.165) is 13.2 Å². The van der Waals surface area contributed by atoms with Crippen molar-refractivity contribution in [2.45, 2.75) is 6.55 Å². The van der Waals surface area contributed by atoms with Crippen molar-refractivity contribution in [2.24, 2.45) is 5.92 Å². The molecule has 0 saturated carbocycles. The standard InChI is InChI=1S/C7H16O4Si/c1-8-12(3,9-2)11-6-7-4-10-5-7/h7H,4-6H2,1-3H3. The second-order valence-electron chi connectivity index (χ2n) is 2.99. The molecule has 0 radical (unpaired) electrons. The van der Waals surface area contributed by atoms with Crippen LogP contribution in [0.4, 0.5) is 0 Å². The molecule has 1 heterocycles. The van der Waals surface area contributed by atoms with Crippen molar-refractivity contribution in [1.29, 1.82) is 0 Å². The van der Waals surface area contributed by atoms with Crippen molar-refractivity contribution in [3.63, 3.8) is 0 Å². The highest BCUT2D eigenvalue weighted by atomic mass is 28.4. The molecule has 0 unspecified atom stereocenters. The lowest BCUT2D eigenvalue weighted by Gasteiger charge is -2.29. The molecular weight excluding hydrogens is 176 g/mol. The van der Waals surface area contributed by atoms with Crippen LogP contribution in [-0.2, 0) is 18.0 Å². The molecule has 0 aliphatic carbocycles. The highest BCUT2D eigenvalue weighted by Crippen LogP contribution is 2.14. The predicted octanol–water partition coefficient (Wildman–Crippen LogP) is 0.511. The van der Waals surface area contributed by atoms with E-state index in [1.54, 1.807) is 14.2 Å². The molecule has 1 aliphatic heterocycles. The first-order valence-electron chi connectivity index (χ1n) is 4.02. The molecule has 4 nitrogen and oxygen atoms in total. The molecule has 0 aromatic rings. The maximum atomic E-state index is 5.55. The normalized spacial score (nSPS) is 19.2. The van der Waals surface area contributed by atoms with E-state index in [1.807, 2.05) is 6.55 Å². The Morgan fingerprint density at radius 2 is 1.92 bits per heavy atom. The average Bonchev–Trinajstić information content (AvgIpc) is 2.01. The SMILES string of the molecule is CO[Si](C)(OC)OCC1COC1. The van der Waals surface area contributed by atoms with E-state index >= 15 is 0 Å². The highest BCUT2D eigenvalue weighted by molar-refractivity contribution is 6.59. The van der Waals surface area contributed by atoms with Gasteiger partial charge in [-0.05, 0) is 0 Å². The zero-order valence-corrected chi connectivity index (χ0v) is 8.83. The first-order valence-corrected chi connectivity index (χ1v) is 6.24. The van der Waals surface area contributed by atoms with Gasteiger partial charge in [0.05, 0.1) is 13.2 Å². The van der Waals surface area contributed by atoms with Crippen molar-refractivity contribution in [3.05, 3.63) is 0 Å². The smallest absolute Gasteiger partial charge is 0.381 e. The molecule has 0 amide bonds. The Morgan fingerprint density at radius 1 is 1.33 bits per heavy atom. The van der Waals surface area contributed by atoms with Crippen molar-refractivity contribution >= 4 is 8.80 Å². The monoisotopic (exact) mass is 192 g/mol. The molecule has 1 aliphatic rings. The van der Waals surface area contributed by atoms with E-state index in [1.165, 1.54) is 0 Å². The molecule has 12 heavy (non-hydrogen) atoms. The lowest BCUT2D eigenvalue weighted by molar-refractivity contribution is -0.0620. The molecule has 0 atom stereocenters. The molecule has 0 bridgehead atoms. The summed E-state index contributed by atoms with van der Waals surface area (Å²) >= 11 is 0. The Balaban J connectivity index is 2.17. The van der Waals surface area contributed by atoms with E-state index in [0.29, 0.717) is 12.5 Å². The van der Waals surface area contributed by atoms with E-state index in [9.17, 15) is 0 Å². The van der Waals surface area contributed by atoms with Gasteiger partial charge in [-0.1, -0.05) is 0 Å². The van der Waals surface area contributed by atoms with E-state index in [2.05, 4.69) is 0 Å². The molecule has 1 fully saturated rings. The fourth-order valence-electron chi connectivity index (χ4n) is 0.851. The van der Waals surface area contributed by atoms with Gasteiger partial charge >= 0.3 is 8.80 Å². The van der Waals surface area contributed by atoms with Gasteiger partial charge in [-0.2, -0.15) is 0 Å². The molecule has 0 N–H and O–H groups in total. The Labute approximate surface area is 74.1 Å². The molecule has 1 rings (SSSR count). The Hall–Kier alpha value is 0.0569. The van der Waals surface area contributed by atoms with Gasteiger partial charge in [-0.3, -0.25) is 0 Å². The predicted molar refractivity (Wildman–Crippen MR) is 45.9 cm³/mol. The Bertz CT molecular complexity index is 133. The Morgan fingerprint density at radius 3 is 2.25 bits per heavy atom. The van der Waals surface area contributed by atoms with Gasteiger partial charge in [-0.15, -0.1) is 0 Å². The van der Waals surface area contributed by atoms with Crippen LogP contribution >= 0.6 is 0 Å². The lowest BCUT2D eigenvalue weighted by atomic mass is 10.1. The van der Waals surface area contributed by atoms with Crippen LogP contribution < -0.4 is 0 Å². The first kappa shape index (κ1) is 10.1. The summed E-state index contributed by atoms with van der Waals surface area (Å²) in [6.07, 6.45) is 0. The van der Waals surface area contributed by atoms with Crippen LogP contribution in [0.3, 0.4) is 0 Å². The number of ether oxygens (including phenoxy) is 1. The summed E-state index contributed by atoms with van der Waals surface area (Å²) in [5.41, 5.74) is 0. The van der Waals surface area contributed by atoms with Gasteiger partial charge in [0, 0.05) is 33.3 Å². The summed E-state index contributed by atoms with van der Waals surface area (Å²) in [4.78, 5) is 0. The van der Waals surface area contributed by atoms with E-state index in [-0.39, 0.29) is 0 Å². The van der Waals surface area contributed by atoms with Crippen molar-refractivity contribution in [3.8, 4) is 0 Å². The molecule has 1 saturated heterocycles. The van der Waals surface area contributed by atoms with Crippen LogP contribution in [-0.4, -0.2) is 42.8 Å². The maximum Gasteiger partial charge on any atom is 0.497 e. The highest BCUT2D eigenvalue weighted by Gasteiger charge is 2.33. The quantitative estimate of drug-likeness (QED) is 0.595. The van der Waals surface area contributed by atoms with Crippen LogP contribution in [0.25, 0.3) is 0 Å². The second kappa shape index (κ2) is 4.34. The fraction of sp³-hybridized carbons (Fsp3) is 1.00. The molecule has 5 heteroatoms. The molecule has 0 aromatic heterocycles. The maximum absolute atomic E-state index is 5.55. The van der Waals surface area contributed by atoms with Crippen LogP contribution in [0.5, 0.6) is 0 Å². The van der Waals surface area contributed by atoms with E-state index < -0.39 is 8.80 Å². The number of rotatable bonds is 5. The van der Waals surface area contributed by atoms with Crippen LogP contribution in [0.15, 0.2) is 0 Å². The molecule has 0 spiro atoms. The minimum Gasteiger partial charge on any atom is -0.381 e. The summed E-state index contributed by atoms with van der Waals surface area (Å²) in [5, 5.41) is 0. The first-order chi connectivity index (χ1) is 5.70. The summed E-state index contributed by atoms with van der Waals surface area (Å²) in [5.74, 6) is 0.530. The van der Waals surface area contributed by atoms with Gasteiger partial charge in [-0.25, -0.2) is 0 Å². The fourth-order valence-corrected chi connectivity index (χ4v) is 1.79. The summed E-state index contributed by atoms with van der Waals surface area (Å²) in [6.45, 7) is 4.17. The summed E-state index contributed by atoms with van der Waals surface area (Å²) in [7, 11) is 0.938. The van der Waals surface area contributed by atoms with Crippen molar-refractivity contribution in [1.82, 2.24) is 0 Å². The van der Waals surface area contributed by atoms with Crippen molar-refractivity contribution in [2.75, 3.05) is 34.0 Å². The third kappa shape index (κ3) is 2.53. The number of hydrogen-bond acceptors (Lipinski definition) is 4.